The molecule has 0 aliphatic rings. The van der Waals surface area contributed by atoms with Crippen molar-refractivity contribution in [3.8, 4) is 148 Å². The average Bonchev–Trinajstić information content (AvgIpc) is 1.55. The Labute approximate surface area is 714 Å². The Morgan fingerprint density at radius 1 is 0.153 bits per heavy atom. The van der Waals surface area contributed by atoms with Gasteiger partial charge in [-0.1, -0.05) is 273 Å². The van der Waals surface area contributed by atoms with E-state index < -0.39 is 0 Å². The number of hydrogen-bond acceptors (Lipinski definition) is 6. The molecule has 10 heteroatoms. The molecule has 0 bridgehead atoms. The van der Waals surface area contributed by atoms with Crippen LogP contribution in [-0.4, -0.2) is 18.3 Å². The van der Waals surface area contributed by atoms with Crippen LogP contribution in [0.5, 0.6) is 0 Å². The van der Waals surface area contributed by atoms with E-state index in [2.05, 4.69) is 261 Å². The highest BCUT2D eigenvalue weighted by Gasteiger charge is 2.28. The SMILES string of the molecule is N#Cc1cc(-c2cc(-c3ccccc3)c(C#N)c(-c3ccccc3)c2C#N)ccc1-c1ccc2c(c1)c1cc3c(cc1n2-c1ccccc1)c1ccccc1n3-c1ccccc1.N#Cc1cc(-c2cc(-c3ccccc3)c(C#N)c(-c3ccccc3)c2C#N)ccc1-c1ccc2c3cc4c(cc3n(-c3ccccc3)c2c1)c1ccccc1n4-c1ccccc1. The minimum absolute atomic E-state index is 0.387. The third kappa shape index (κ3) is 12.3. The number of para-hydroxylation sites is 6. The lowest BCUT2D eigenvalue weighted by atomic mass is 9.83. The summed E-state index contributed by atoms with van der Waals surface area (Å²) in [5.74, 6) is 0. The second-order valence-corrected chi connectivity index (χ2v) is 30.8. The van der Waals surface area contributed by atoms with Crippen molar-refractivity contribution in [2.24, 2.45) is 0 Å². The van der Waals surface area contributed by atoms with E-state index in [1.165, 1.54) is 21.5 Å². The fraction of sp³-hybridized carbons (Fsp3) is 0. The summed E-state index contributed by atoms with van der Waals surface area (Å²) < 4.78 is 9.36. The molecule has 0 radical (unpaired) electrons. The molecule has 4 aromatic heterocycles. The van der Waals surface area contributed by atoms with Crippen molar-refractivity contribution in [3.05, 3.63) is 434 Å². The van der Waals surface area contributed by atoms with Crippen LogP contribution in [0.1, 0.15) is 33.4 Å². The van der Waals surface area contributed by atoms with Gasteiger partial charge < -0.3 is 18.3 Å². The van der Waals surface area contributed by atoms with Gasteiger partial charge in [0, 0.05) is 99.2 Å². The number of nitriles is 6. The molecule has 22 rings (SSSR count). The number of aromatic nitrogens is 4. The quantitative estimate of drug-likeness (QED) is 0.118. The topological polar surface area (TPSA) is 162 Å². The van der Waals surface area contributed by atoms with Crippen LogP contribution in [-0.2, 0) is 0 Å². The molecule has 10 nitrogen and oxygen atoms in total. The van der Waals surface area contributed by atoms with E-state index in [0.717, 1.165) is 155 Å². The van der Waals surface area contributed by atoms with Gasteiger partial charge >= 0.3 is 0 Å². The van der Waals surface area contributed by atoms with Crippen LogP contribution in [0.25, 0.3) is 199 Å². The first kappa shape index (κ1) is 73.7. The molecule has 0 saturated heterocycles. The zero-order chi connectivity index (χ0) is 83.5. The summed E-state index contributed by atoms with van der Waals surface area (Å²) in [6.07, 6.45) is 0. The average molecular weight is 1580 g/mol. The Balaban J connectivity index is 0.000000152. The maximum Gasteiger partial charge on any atom is 0.100 e. The van der Waals surface area contributed by atoms with E-state index in [4.69, 9.17) is 0 Å². The summed E-state index contributed by atoms with van der Waals surface area (Å²) in [7, 11) is 0. The molecule has 0 spiro atoms. The highest BCUT2D eigenvalue weighted by molar-refractivity contribution is 6.21. The van der Waals surface area contributed by atoms with Crippen LogP contribution in [0.15, 0.2) is 400 Å². The van der Waals surface area contributed by atoms with Gasteiger partial charge in [-0.05, 0) is 183 Å². The molecule has 0 fully saturated rings. The van der Waals surface area contributed by atoms with Crippen molar-refractivity contribution >= 4 is 87.2 Å². The van der Waals surface area contributed by atoms with E-state index >= 15 is 0 Å². The molecule has 22 aromatic rings. The maximum absolute atomic E-state index is 10.8. The van der Waals surface area contributed by atoms with Gasteiger partial charge in [0.2, 0.25) is 0 Å². The highest BCUT2D eigenvalue weighted by Crippen LogP contribution is 2.48. The first-order valence-corrected chi connectivity index (χ1v) is 40.9. The molecule has 124 heavy (non-hydrogen) atoms. The molecule has 0 unspecified atom stereocenters. The Bertz CT molecular complexity index is 8350. The van der Waals surface area contributed by atoms with Crippen LogP contribution in [0.2, 0.25) is 0 Å². The maximum atomic E-state index is 10.8. The Morgan fingerprint density at radius 3 is 0.758 bits per heavy atom. The Kier molecular flexibility index (Phi) is 18.3. The van der Waals surface area contributed by atoms with Crippen LogP contribution in [0.3, 0.4) is 0 Å². The van der Waals surface area contributed by atoms with Crippen molar-refractivity contribution in [1.29, 1.82) is 31.6 Å². The van der Waals surface area contributed by atoms with Gasteiger partial charge in [0.15, 0.2) is 0 Å². The lowest BCUT2D eigenvalue weighted by Gasteiger charge is -2.17. The summed E-state index contributed by atoms with van der Waals surface area (Å²) in [4.78, 5) is 0. The minimum atomic E-state index is 0.387. The number of benzene rings is 18. The van der Waals surface area contributed by atoms with Gasteiger partial charge in [-0.25, -0.2) is 0 Å². The van der Waals surface area contributed by atoms with E-state index in [-0.39, 0.29) is 0 Å². The largest absolute Gasteiger partial charge is 0.309 e. The Morgan fingerprint density at radius 2 is 0.403 bits per heavy atom. The summed E-state index contributed by atoms with van der Waals surface area (Å²) in [6, 6.07) is 150. The summed E-state index contributed by atoms with van der Waals surface area (Å²) in [5.41, 5.74) is 27.8. The number of nitrogens with zero attached hydrogens (tertiary/aromatic N) is 10. The predicted molar refractivity (Wildman–Crippen MR) is 502 cm³/mol. The smallest absolute Gasteiger partial charge is 0.100 e. The van der Waals surface area contributed by atoms with Crippen LogP contribution in [0, 0.1) is 68.0 Å². The van der Waals surface area contributed by atoms with Crippen LogP contribution >= 0.6 is 0 Å². The van der Waals surface area contributed by atoms with Crippen molar-refractivity contribution < 1.29 is 0 Å². The summed E-state index contributed by atoms with van der Waals surface area (Å²) in [6.45, 7) is 0. The van der Waals surface area contributed by atoms with Crippen molar-refractivity contribution in [1.82, 2.24) is 18.3 Å². The molecule has 18 aromatic carbocycles. The number of hydrogen-bond donors (Lipinski definition) is 0. The highest BCUT2D eigenvalue weighted by atomic mass is 15.0. The molecule has 0 N–H and O–H groups in total. The van der Waals surface area contributed by atoms with Crippen molar-refractivity contribution in [2.45, 2.75) is 0 Å². The molecular formula is C114H66N10. The minimum Gasteiger partial charge on any atom is -0.309 e. The van der Waals surface area contributed by atoms with Gasteiger partial charge in [0.25, 0.3) is 0 Å². The van der Waals surface area contributed by atoms with E-state index in [0.29, 0.717) is 55.6 Å². The fourth-order valence-corrected chi connectivity index (χ4v) is 18.6. The van der Waals surface area contributed by atoms with Gasteiger partial charge in [0.1, 0.15) is 24.3 Å². The first-order chi connectivity index (χ1) is 61.3. The Hall–Kier alpha value is -17.9. The molecular weight excluding hydrogens is 1510 g/mol. The third-order valence-electron chi connectivity index (χ3n) is 24.1. The second kappa shape index (κ2) is 30.9. The van der Waals surface area contributed by atoms with Crippen molar-refractivity contribution in [2.75, 3.05) is 0 Å². The van der Waals surface area contributed by atoms with Gasteiger partial charge in [-0.3, -0.25) is 0 Å². The van der Waals surface area contributed by atoms with E-state index in [9.17, 15) is 31.6 Å². The fourth-order valence-electron chi connectivity index (χ4n) is 18.6. The lowest BCUT2D eigenvalue weighted by molar-refractivity contribution is 1.17. The molecule has 0 atom stereocenters. The predicted octanol–water partition coefficient (Wildman–Crippen LogP) is 28.3. The standard InChI is InChI=1S/2C57H33N5/c58-34-41-29-39(47-31-46(37-15-5-1-6-16-37)51(35-59)57(52(47)36-60)38-17-7-2-8-18-38)25-27-44(41)40-26-28-54-48(30-40)50-33-55-49(32-56(50)62(54)43-21-11-4-12-22-43)45-23-13-14-24-53(45)61(55)42-19-9-3-10-20-42;58-34-41-29-39(48-31-47(37-15-5-1-6-16-37)51(35-59)57(52(48)36-60)38-17-7-2-8-18-38)25-27-44(41)40-26-28-46-50-33-55-49(32-56(50)62(54(46)30-40)43-21-11-4-12-22-43)45-23-13-14-24-53(45)61(55)42-19-9-3-10-20-42/h2*1-33H. The zero-order valence-electron chi connectivity index (χ0n) is 66.6. The molecule has 0 saturated carbocycles. The van der Waals surface area contributed by atoms with E-state index in [1.54, 1.807) is 0 Å². The summed E-state index contributed by atoms with van der Waals surface area (Å²) >= 11 is 0. The molecule has 0 amide bonds. The second-order valence-electron chi connectivity index (χ2n) is 30.8. The number of rotatable bonds is 12. The normalized spacial score (nSPS) is 11.2. The zero-order valence-corrected chi connectivity index (χ0v) is 66.6. The van der Waals surface area contributed by atoms with Crippen LogP contribution in [0.4, 0.5) is 0 Å². The first-order valence-electron chi connectivity index (χ1n) is 40.9. The van der Waals surface area contributed by atoms with E-state index in [1.807, 2.05) is 194 Å². The summed E-state index contributed by atoms with van der Waals surface area (Å²) in [5, 5.41) is 73.5. The molecule has 572 valence electrons. The van der Waals surface area contributed by atoms with Gasteiger partial charge in [-0.15, -0.1) is 0 Å². The number of fused-ring (bicyclic) bond motifs is 12. The van der Waals surface area contributed by atoms with Gasteiger partial charge in [-0.2, -0.15) is 31.6 Å². The molecule has 0 aliphatic carbocycles. The molecule has 0 aliphatic heterocycles. The lowest BCUT2D eigenvalue weighted by Crippen LogP contribution is -1.98. The van der Waals surface area contributed by atoms with Crippen LogP contribution < -0.4 is 0 Å². The monoisotopic (exact) mass is 1570 g/mol. The van der Waals surface area contributed by atoms with Gasteiger partial charge in [0.05, 0.1) is 89.7 Å². The third-order valence-corrected chi connectivity index (χ3v) is 24.1. The van der Waals surface area contributed by atoms with Crippen molar-refractivity contribution in [3.63, 3.8) is 0 Å². The molecule has 4 heterocycles.